The van der Waals surface area contributed by atoms with Gasteiger partial charge in [-0.05, 0) is 29.8 Å². The average Bonchev–Trinajstić information content (AvgIpc) is 2.29. The normalized spacial score (nSPS) is 10.2. The number of hydrogen-bond donors (Lipinski definition) is 2. The van der Waals surface area contributed by atoms with Gasteiger partial charge in [-0.3, -0.25) is 0 Å². The van der Waals surface area contributed by atoms with Crippen LogP contribution in [0.4, 0.5) is 5.69 Å². The molecule has 2 rings (SSSR count). The van der Waals surface area contributed by atoms with Crippen LogP contribution in [-0.4, -0.2) is 11.1 Å². The van der Waals surface area contributed by atoms with Crippen molar-refractivity contribution in [3.8, 4) is 11.1 Å². The number of nitrogens with two attached hydrogens (primary N) is 1. The zero-order chi connectivity index (χ0) is 12.4. The second-order valence-electron chi connectivity index (χ2n) is 3.62. The summed E-state index contributed by atoms with van der Waals surface area (Å²) in [5, 5.41) is 9.34. The summed E-state index contributed by atoms with van der Waals surface area (Å²) in [6.45, 7) is 0. The maximum atomic E-state index is 10.7. The first-order valence-electron chi connectivity index (χ1n) is 4.96. The molecule has 0 saturated heterocycles. The largest absolute Gasteiger partial charge is 0.478 e. The average molecular weight is 248 g/mol. The summed E-state index contributed by atoms with van der Waals surface area (Å²) in [6, 6.07) is 11.8. The van der Waals surface area contributed by atoms with Crippen LogP contribution >= 0.6 is 11.6 Å². The van der Waals surface area contributed by atoms with Gasteiger partial charge in [0.25, 0.3) is 0 Å². The number of carboxylic acids is 1. The fourth-order valence-electron chi connectivity index (χ4n) is 1.56. The third-order valence-electron chi connectivity index (χ3n) is 2.44. The van der Waals surface area contributed by atoms with Gasteiger partial charge in [-0.1, -0.05) is 29.8 Å². The van der Waals surface area contributed by atoms with Crippen molar-refractivity contribution >= 4 is 23.3 Å². The number of hydrogen-bond acceptors (Lipinski definition) is 2. The van der Waals surface area contributed by atoms with E-state index in [-0.39, 0.29) is 5.56 Å². The van der Waals surface area contributed by atoms with Crippen molar-refractivity contribution in [2.45, 2.75) is 0 Å². The SMILES string of the molecule is Nc1ccc(-c2ccc(C(=O)O)cc2)c(Cl)c1. The Labute approximate surface area is 103 Å². The zero-order valence-electron chi connectivity index (χ0n) is 8.85. The summed E-state index contributed by atoms with van der Waals surface area (Å²) in [6.07, 6.45) is 0. The van der Waals surface area contributed by atoms with E-state index >= 15 is 0 Å². The Hall–Kier alpha value is -2.00. The van der Waals surface area contributed by atoms with Gasteiger partial charge in [0.1, 0.15) is 0 Å². The molecule has 0 heterocycles. The number of carboxylic acid groups (broad SMARTS) is 1. The van der Waals surface area contributed by atoms with Crippen molar-refractivity contribution in [1.82, 2.24) is 0 Å². The van der Waals surface area contributed by atoms with E-state index in [4.69, 9.17) is 22.4 Å². The molecular formula is C13H10ClNO2. The molecule has 2 aromatic carbocycles. The Kier molecular flexibility index (Phi) is 3.02. The zero-order valence-corrected chi connectivity index (χ0v) is 9.61. The fraction of sp³-hybridized carbons (Fsp3) is 0. The van der Waals surface area contributed by atoms with E-state index in [2.05, 4.69) is 0 Å². The second kappa shape index (κ2) is 4.47. The molecule has 3 N–H and O–H groups in total. The van der Waals surface area contributed by atoms with E-state index in [0.29, 0.717) is 10.7 Å². The van der Waals surface area contributed by atoms with Gasteiger partial charge in [0.2, 0.25) is 0 Å². The molecule has 0 aliphatic rings. The van der Waals surface area contributed by atoms with Gasteiger partial charge in [-0.25, -0.2) is 4.79 Å². The number of benzene rings is 2. The first kappa shape index (κ1) is 11.5. The highest BCUT2D eigenvalue weighted by atomic mass is 35.5. The lowest BCUT2D eigenvalue weighted by atomic mass is 10.0. The molecule has 2 aromatic rings. The van der Waals surface area contributed by atoms with Crippen LogP contribution in [0.1, 0.15) is 10.4 Å². The summed E-state index contributed by atoms with van der Waals surface area (Å²) in [5.41, 5.74) is 8.15. The van der Waals surface area contributed by atoms with Gasteiger partial charge in [0.05, 0.1) is 10.6 Å². The molecule has 0 amide bonds. The molecule has 0 spiro atoms. The molecule has 0 bridgehead atoms. The maximum Gasteiger partial charge on any atom is 0.335 e. The Balaban J connectivity index is 2.43. The number of anilines is 1. The third-order valence-corrected chi connectivity index (χ3v) is 2.75. The van der Waals surface area contributed by atoms with Crippen LogP contribution in [0.2, 0.25) is 5.02 Å². The monoisotopic (exact) mass is 247 g/mol. The van der Waals surface area contributed by atoms with Gasteiger partial charge < -0.3 is 10.8 Å². The molecule has 0 atom stereocenters. The van der Waals surface area contributed by atoms with Gasteiger partial charge in [0.15, 0.2) is 0 Å². The fourth-order valence-corrected chi connectivity index (χ4v) is 1.86. The molecule has 0 aromatic heterocycles. The van der Waals surface area contributed by atoms with Crippen molar-refractivity contribution < 1.29 is 9.90 Å². The number of nitrogen functional groups attached to an aromatic ring is 1. The third kappa shape index (κ3) is 2.40. The number of carbonyl (C=O) groups is 1. The van der Waals surface area contributed by atoms with E-state index in [9.17, 15) is 4.79 Å². The van der Waals surface area contributed by atoms with Gasteiger partial charge >= 0.3 is 5.97 Å². The first-order chi connectivity index (χ1) is 8.08. The summed E-state index contributed by atoms with van der Waals surface area (Å²) in [5.74, 6) is -0.944. The summed E-state index contributed by atoms with van der Waals surface area (Å²) in [4.78, 5) is 10.7. The van der Waals surface area contributed by atoms with Crippen LogP contribution in [0.5, 0.6) is 0 Å². The molecule has 4 heteroatoms. The first-order valence-corrected chi connectivity index (χ1v) is 5.34. The van der Waals surface area contributed by atoms with Crippen LogP contribution in [0, 0.1) is 0 Å². The summed E-state index contributed by atoms with van der Waals surface area (Å²) in [7, 11) is 0. The van der Waals surface area contributed by atoms with Gasteiger partial charge in [0, 0.05) is 11.3 Å². The van der Waals surface area contributed by atoms with E-state index in [0.717, 1.165) is 11.1 Å². The number of aromatic carboxylic acids is 1. The lowest BCUT2D eigenvalue weighted by Crippen LogP contribution is -1.95. The predicted octanol–water partition coefficient (Wildman–Crippen LogP) is 3.29. The van der Waals surface area contributed by atoms with Crippen LogP contribution in [-0.2, 0) is 0 Å². The summed E-state index contributed by atoms with van der Waals surface area (Å²) >= 11 is 6.07. The van der Waals surface area contributed by atoms with Gasteiger partial charge in [-0.2, -0.15) is 0 Å². The molecule has 0 aliphatic carbocycles. The Bertz CT molecular complexity index is 564. The predicted molar refractivity (Wildman–Crippen MR) is 68.3 cm³/mol. The van der Waals surface area contributed by atoms with Crippen molar-refractivity contribution in [2.24, 2.45) is 0 Å². The second-order valence-corrected chi connectivity index (χ2v) is 4.03. The number of halogens is 1. The molecule has 17 heavy (non-hydrogen) atoms. The quantitative estimate of drug-likeness (QED) is 0.801. The summed E-state index contributed by atoms with van der Waals surface area (Å²) < 4.78 is 0. The lowest BCUT2D eigenvalue weighted by molar-refractivity contribution is 0.0697. The van der Waals surface area contributed by atoms with Gasteiger partial charge in [-0.15, -0.1) is 0 Å². The van der Waals surface area contributed by atoms with Crippen molar-refractivity contribution in [1.29, 1.82) is 0 Å². The Morgan fingerprint density at radius 2 is 1.76 bits per heavy atom. The molecule has 86 valence electrons. The molecule has 0 unspecified atom stereocenters. The van der Waals surface area contributed by atoms with Crippen molar-refractivity contribution in [3.63, 3.8) is 0 Å². The van der Waals surface area contributed by atoms with Crippen LogP contribution < -0.4 is 5.73 Å². The molecule has 0 radical (unpaired) electrons. The molecule has 0 aliphatic heterocycles. The van der Waals surface area contributed by atoms with Crippen LogP contribution in [0.25, 0.3) is 11.1 Å². The smallest absolute Gasteiger partial charge is 0.335 e. The highest BCUT2D eigenvalue weighted by Crippen LogP contribution is 2.29. The minimum absolute atomic E-state index is 0.250. The molecule has 0 saturated carbocycles. The minimum atomic E-state index is -0.944. The number of rotatable bonds is 2. The van der Waals surface area contributed by atoms with Crippen LogP contribution in [0.15, 0.2) is 42.5 Å². The Morgan fingerprint density at radius 1 is 1.12 bits per heavy atom. The highest BCUT2D eigenvalue weighted by Gasteiger charge is 2.06. The standard InChI is InChI=1S/C13H10ClNO2/c14-12-7-10(15)5-6-11(12)8-1-3-9(4-2-8)13(16)17/h1-7H,15H2,(H,16,17). The topological polar surface area (TPSA) is 63.3 Å². The Morgan fingerprint density at radius 3 is 2.29 bits per heavy atom. The maximum absolute atomic E-state index is 10.7. The van der Waals surface area contributed by atoms with E-state index < -0.39 is 5.97 Å². The lowest BCUT2D eigenvalue weighted by Gasteiger charge is -2.05. The molecular weight excluding hydrogens is 238 g/mol. The minimum Gasteiger partial charge on any atom is -0.478 e. The van der Waals surface area contributed by atoms with E-state index in [1.54, 1.807) is 36.4 Å². The van der Waals surface area contributed by atoms with Crippen molar-refractivity contribution in [2.75, 3.05) is 5.73 Å². The van der Waals surface area contributed by atoms with E-state index in [1.165, 1.54) is 0 Å². The molecule has 3 nitrogen and oxygen atoms in total. The van der Waals surface area contributed by atoms with E-state index in [1.807, 2.05) is 6.07 Å². The highest BCUT2D eigenvalue weighted by molar-refractivity contribution is 6.33. The van der Waals surface area contributed by atoms with Crippen LogP contribution in [0.3, 0.4) is 0 Å². The molecule has 0 fully saturated rings. The van der Waals surface area contributed by atoms with Crippen molar-refractivity contribution in [3.05, 3.63) is 53.1 Å².